The second-order valence-electron chi connectivity index (χ2n) is 4.17. The number of methoxy groups -OCH3 is 1. The van der Waals surface area contributed by atoms with Crippen LogP contribution in [-0.2, 0) is 9.47 Å². The molecular formula is C14H21NO3S. The third-order valence-electron chi connectivity index (χ3n) is 2.52. The van der Waals surface area contributed by atoms with Crippen molar-refractivity contribution in [3.63, 3.8) is 0 Å². The van der Waals surface area contributed by atoms with Crippen LogP contribution in [0.3, 0.4) is 0 Å². The van der Waals surface area contributed by atoms with E-state index in [1.807, 2.05) is 25.1 Å². The van der Waals surface area contributed by atoms with E-state index >= 15 is 0 Å². The fourth-order valence-corrected chi connectivity index (χ4v) is 1.74. The van der Waals surface area contributed by atoms with E-state index in [0.717, 1.165) is 17.5 Å². The standard InChI is InChI=1S/C14H21NO3S/c1-11-4-5-12(14(15)19)13(10-11)18-9-8-17-7-3-6-16-2/h4-5,10H,3,6-9H2,1-2H3,(H2,15,19). The Bertz CT molecular complexity index is 410. The molecule has 0 bridgehead atoms. The maximum atomic E-state index is 5.66. The highest BCUT2D eigenvalue weighted by Gasteiger charge is 2.06. The molecule has 0 unspecified atom stereocenters. The van der Waals surface area contributed by atoms with Crippen molar-refractivity contribution in [1.29, 1.82) is 0 Å². The average Bonchev–Trinajstić information content (AvgIpc) is 2.37. The fraction of sp³-hybridized carbons (Fsp3) is 0.500. The van der Waals surface area contributed by atoms with E-state index in [1.165, 1.54) is 0 Å². The van der Waals surface area contributed by atoms with Gasteiger partial charge in [-0.25, -0.2) is 0 Å². The molecule has 0 radical (unpaired) electrons. The number of benzene rings is 1. The van der Waals surface area contributed by atoms with Crippen LogP contribution in [0.25, 0.3) is 0 Å². The lowest BCUT2D eigenvalue weighted by Crippen LogP contribution is -2.14. The number of hydrogen-bond acceptors (Lipinski definition) is 4. The molecule has 0 aliphatic rings. The second kappa shape index (κ2) is 8.85. The molecule has 1 aromatic carbocycles. The number of nitrogens with two attached hydrogens (primary N) is 1. The minimum atomic E-state index is 0.344. The van der Waals surface area contributed by atoms with Crippen LogP contribution in [0.2, 0.25) is 0 Å². The van der Waals surface area contributed by atoms with E-state index < -0.39 is 0 Å². The highest BCUT2D eigenvalue weighted by Crippen LogP contribution is 2.20. The molecule has 1 aromatic rings. The lowest BCUT2D eigenvalue weighted by Gasteiger charge is -2.11. The lowest BCUT2D eigenvalue weighted by atomic mass is 10.1. The largest absolute Gasteiger partial charge is 0.490 e. The molecule has 0 aromatic heterocycles. The topological polar surface area (TPSA) is 53.7 Å². The molecule has 0 fully saturated rings. The van der Waals surface area contributed by atoms with Crippen molar-refractivity contribution in [3.05, 3.63) is 29.3 Å². The third-order valence-corrected chi connectivity index (χ3v) is 2.74. The summed E-state index contributed by atoms with van der Waals surface area (Å²) in [6, 6.07) is 5.77. The first-order valence-electron chi connectivity index (χ1n) is 6.25. The van der Waals surface area contributed by atoms with Crippen LogP contribution in [0.4, 0.5) is 0 Å². The molecule has 106 valence electrons. The van der Waals surface area contributed by atoms with Crippen LogP contribution in [0.15, 0.2) is 18.2 Å². The lowest BCUT2D eigenvalue weighted by molar-refractivity contribution is 0.0806. The van der Waals surface area contributed by atoms with Crippen LogP contribution in [0, 0.1) is 6.92 Å². The van der Waals surface area contributed by atoms with Crippen LogP contribution in [0.5, 0.6) is 5.75 Å². The Labute approximate surface area is 119 Å². The molecule has 4 nitrogen and oxygen atoms in total. The average molecular weight is 283 g/mol. The third kappa shape index (κ3) is 6.00. The Balaban J connectivity index is 2.36. The molecule has 0 atom stereocenters. The summed E-state index contributed by atoms with van der Waals surface area (Å²) in [6.45, 7) is 4.40. The van der Waals surface area contributed by atoms with Crippen molar-refractivity contribution in [2.45, 2.75) is 13.3 Å². The summed E-state index contributed by atoms with van der Waals surface area (Å²) in [5.41, 5.74) is 7.53. The van der Waals surface area contributed by atoms with Crippen LogP contribution in [0.1, 0.15) is 17.5 Å². The Morgan fingerprint density at radius 2 is 2.00 bits per heavy atom. The number of rotatable bonds is 9. The van der Waals surface area contributed by atoms with Crippen molar-refractivity contribution < 1.29 is 14.2 Å². The molecule has 5 heteroatoms. The zero-order valence-electron chi connectivity index (χ0n) is 11.5. The summed E-state index contributed by atoms with van der Waals surface area (Å²) in [6.07, 6.45) is 0.888. The van der Waals surface area contributed by atoms with Gasteiger partial charge >= 0.3 is 0 Å². The van der Waals surface area contributed by atoms with E-state index in [1.54, 1.807) is 7.11 Å². The summed E-state index contributed by atoms with van der Waals surface area (Å²) in [5, 5.41) is 0. The molecule has 0 saturated heterocycles. The quantitative estimate of drug-likeness (QED) is 0.555. The summed E-state index contributed by atoms with van der Waals surface area (Å²) >= 11 is 4.99. The zero-order chi connectivity index (χ0) is 14.1. The molecule has 0 saturated carbocycles. The van der Waals surface area contributed by atoms with E-state index in [9.17, 15) is 0 Å². The molecule has 2 N–H and O–H groups in total. The molecule has 0 spiro atoms. The van der Waals surface area contributed by atoms with Gasteiger partial charge in [0.05, 0.1) is 12.2 Å². The number of thiocarbonyl (C=S) groups is 1. The van der Waals surface area contributed by atoms with Crippen molar-refractivity contribution in [2.75, 3.05) is 33.5 Å². The molecule has 0 aliphatic heterocycles. The maximum Gasteiger partial charge on any atom is 0.129 e. The van der Waals surface area contributed by atoms with Gasteiger partial charge in [-0.1, -0.05) is 18.3 Å². The van der Waals surface area contributed by atoms with Gasteiger partial charge in [0, 0.05) is 20.3 Å². The van der Waals surface area contributed by atoms with Gasteiger partial charge in [-0.15, -0.1) is 0 Å². The van der Waals surface area contributed by atoms with Crippen molar-refractivity contribution >= 4 is 17.2 Å². The van der Waals surface area contributed by atoms with E-state index in [4.69, 9.17) is 32.2 Å². The number of ether oxygens (including phenoxy) is 3. The van der Waals surface area contributed by atoms with E-state index in [-0.39, 0.29) is 0 Å². The smallest absolute Gasteiger partial charge is 0.129 e. The highest BCUT2D eigenvalue weighted by atomic mass is 32.1. The van der Waals surface area contributed by atoms with Gasteiger partial charge in [-0.3, -0.25) is 0 Å². The predicted octanol–water partition coefficient (Wildman–Crippen LogP) is 2.06. The van der Waals surface area contributed by atoms with Gasteiger partial charge in [0.25, 0.3) is 0 Å². The monoisotopic (exact) mass is 283 g/mol. The first kappa shape index (κ1) is 15.9. The fourth-order valence-electron chi connectivity index (χ4n) is 1.57. The highest BCUT2D eigenvalue weighted by molar-refractivity contribution is 7.80. The molecule has 19 heavy (non-hydrogen) atoms. The van der Waals surface area contributed by atoms with Crippen LogP contribution >= 0.6 is 12.2 Å². The summed E-state index contributed by atoms with van der Waals surface area (Å²) < 4.78 is 16.0. The zero-order valence-corrected chi connectivity index (χ0v) is 12.3. The van der Waals surface area contributed by atoms with Gasteiger partial charge in [0.15, 0.2) is 0 Å². The molecular weight excluding hydrogens is 262 g/mol. The van der Waals surface area contributed by atoms with Crippen molar-refractivity contribution in [1.82, 2.24) is 0 Å². The summed E-state index contributed by atoms with van der Waals surface area (Å²) in [5.74, 6) is 0.716. The van der Waals surface area contributed by atoms with Crippen LogP contribution in [-0.4, -0.2) is 38.5 Å². The second-order valence-corrected chi connectivity index (χ2v) is 4.61. The Morgan fingerprint density at radius 3 is 2.68 bits per heavy atom. The Hall–Kier alpha value is -1.17. The van der Waals surface area contributed by atoms with E-state index in [0.29, 0.717) is 37.2 Å². The predicted molar refractivity (Wildman–Crippen MR) is 79.9 cm³/mol. The summed E-state index contributed by atoms with van der Waals surface area (Å²) in [4.78, 5) is 0.344. The van der Waals surface area contributed by atoms with Crippen LogP contribution < -0.4 is 10.5 Å². The first-order chi connectivity index (χ1) is 9.15. The first-order valence-corrected chi connectivity index (χ1v) is 6.66. The normalized spacial score (nSPS) is 10.4. The van der Waals surface area contributed by atoms with Crippen molar-refractivity contribution in [2.24, 2.45) is 5.73 Å². The van der Waals surface area contributed by atoms with Gasteiger partial charge in [0.2, 0.25) is 0 Å². The minimum absolute atomic E-state index is 0.344. The Morgan fingerprint density at radius 1 is 1.21 bits per heavy atom. The van der Waals surface area contributed by atoms with Gasteiger partial charge in [-0.05, 0) is 31.0 Å². The van der Waals surface area contributed by atoms with Gasteiger partial charge < -0.3 is 19.9 Å². The SMILES string of the molecule is COCCCOCCOc1cc(C)ccc1C(N)=S. The number of aryl methyl sites for hydroxylation is 1. The van der Waals surface area contributed by atoms with Crippen molar-refractivity contribution in [3.8, 4) is 5.75 Å². The Kier molecular flexibility index (Phi) is 7.40. The molecule has 0 aliphatic carbocycles. The van der Waals surface area contributed by atoms with Gasteiger partial charge in [-0.2, -0.15) is 0 Å². The molecule has 0 heterocycles. The molecule has 1 rings (SSSR count). The maximum absolute atomic E-state index is 5.66. The summed E-state index contributed by atoms with van der Waals surface area (Å²) in [7, 11) is 1.68. The van der Waals surface area contributed by atoms with Gasteiger partial charge in [0.1, 0.15) is 17.3 Å². The number of hydrogen-bond donors (Lipinski definition) is 1. The molecule has 0 amide bonds. The minimum Gasteiger partial charge on any atom is -0.490 e. The van der Waals surface area contributed by atoms with E-state index in [2.05, 4.69) is 0 Å².